The van der Waals surface area contributed by atoms with E-state index in [1.54, 1.807) is 0 Å². The quantitative estimate of drug-likeness (QED) is 0.870. The molecule has 1 aromatic rings. The Hall–Kier alpha value is -0.930. The zero-order chi connectivity index (χ0) is 12.5. The Bertz CT molecular complexity index is 378. The van der Waals surface area contributed by atoms with Gasteiger partial charge in [0.25, 0.3) is 0 Å². The molecule has 2 aliphatic rings. The highest BCUT2D eigenvalue weighted by molar-refractivity contribution is 5.16. The molecule has 0 amide bonds. The van der Waals surface area contributed by atoms with Crippen molar-refractivity contribution in [2.24, 2.45) is 5.73 Å². The zero-order valence-corrected chi connectivity index (χ0v) is 11.1. The zero-order valence-electron chi connectivity index (χ0n) is 11.1. The van der Waals surface area contributed by atoms with Gasteiger partial charge in [0, 0.05) is 36.6 Å². The topological polar surface area (TPSA) is 42.2 Å². The highest BCUT2D eigenvalue weighted by Gasteiger charge is 2.39. The summed E-state index contributed by atoms with van der Waals surface area (Å²) in [5.41, 5.74) is 7.58. The summed E-state index contributed by atoms with van der Waals surface area (Å²) < 4.78 is 0. The van der Waals surface area contributed by atoms with E-state index < -0.39 is 0 Å². The van der Waals surface area contributed by atoms with Gasteiger partial charge in [0.05, 0.1) is 0 Å². The molecule has 3 atom stereocenters. The third-order valence-electron chi connectivity index (χ3n) is 4.70. The normalized spacial score (nSPS) is 34.2. The molecule has 3 unspecified atom stereocenters. The van der Waals surface area contributed by atoms with Gasteiger partial charge in [0.1, 0.15) is 0 Å². The maximum Gasteiger partial charge on any atom is 0.0326 e. The van der Waals surface area contributed by atoms with Gasteiger partial charge in [-0.2, -0.15) is 0 Å². The molecule has 0 radical (unpaired) electrons. The van der Waals surface area contributed by atoms with Gasteiger partial charge in [-0.3, -0.25) is 9.88 Å². The molecule has 0 aliphatic carbocycles. The number of fused-ring (bicyclic) bond motifs is 2. The predicted octanol–water partition coefficient (Wildman–Crippen LogP) is 2.49. The molecule has 2 fully saturated rings. The van der Waals surface area contributed by atoms with Gasteiger partial charge < -0.3 is 5.73 Å². The van der Waals surface area contributed by atoms with Gasteiger partial charge in [-0.25, -0.2) is 0 Å². The molecule has 98 valence electrons. The molecule has 3 nitrogen and oxygen atoms in total. The first-order chi connectivity index (χ1) is 8.75. The van der Waals surface area contributed by atoms with Crippen LogP contribution in [0.2, 0.25) is 0 Å². The number of hydrogen-bond donors (Lipinski definition) is 1. The number of piperidine rings is 2. The summed E-state index contributed by atoms with van der Waals surface area (Å²) in [4.78, 5) is 6.84. The Labute approximate surface area is 109 Å². The van der Waals surface area contributed by atoms with Crippen molar-refractivity contribution in [1.82, 2.24) is 9.88 Å². The van der Waals surface area contributed by atoms with Crippen molar-refractivity contribution < 1.29 is 0 Å². The third kappa shape index (κ3) is 2.17. The number of rotatable bonds is 2. The summed E-state index contributed by atoms with van der Waals surface area (Å²) in [6, 6.07) is 6.59. The molecule has 18 heavy (non-hydrogen) atoms. The lowest BCUT2D eigenvalue weighted by Gasteiger charge is -2.51. The van der Waals surface area contributed by atoms with Crippen LogP contribution in [-0.4, -0.2) is 28.0 Å². The number of hydrogen-bond acceptors (Lipinski definition) is 3. The van der Waals surface area contributed by atoms with E-state index in [1.165, 1.54) is 37.7 Å². The summed E-state index contributed by atoms with van der Waals surface area (Å²) >= 11 is 0. The number of pyridine rings is 1. The molecular weight excluding hydrogens is 222 g/mol. The SMILES string of the molecule is CC(c1ccncc1)N1C2CCCC1CC(N)C2. The molecule has 0 aromatic carbocycles. The van der Waals surface area contributed by atoms with E-state index in [2.05, 4.69) is 28.9 Å². The van der Waals surface area contributed by atoms with Crippen LogP contribution in [0.4, 0.5) is 0 Å². The Morgan fingerprint density at radius 3 is 2.44 bits per heavy atom. The lowest BCUT2D eigenvalue weighted by Crippen LogP contribution is -2.55. The van der Waals surface area contributed by atoms with Gasteiger partial charge in [0.2, 0.25) is 0 Å². The fourth-order valence-electron chi connectivity index (χ4n) is 3.91. The smallest absolute Gasteiger partial charge is 0.0326 e. The number of nitrogens with zero attached hydrogens (tertiary/aromatic N) is 2. The van der Waals surface area contributed by atoms with E-state index >= 15 is 0 Å². The van der Waals surface area contributed by atoms with Crippen LogP contribution in [0.25, 0.3) is 0 Å². The minimum absolute atomic E-state index is 0.418. The molecule has 0 spiro atoms. The summed E-state index contributed by atoms with van der Waals surface area (Å²) in [6.45, 7) is 2.33. The first-order valence-electron chi connectivity index (χ1n) is 7.18. The minimum atomic E-state index is 0.418. The maximum absolute atomic E-state index is 6.19. The minimum Gasteiger partial charge on any atom is -0.328 e. The fourth-order valence-corrected chi connectivity index (χ4v) is 3.91. The van der Waals surface area contributed by atoms with Crippen molar-refractivity contribution in [3.8, 4) is 0 Å². The average Bonchev–Trinajstić information content (AvgIpc) is 2.38. The highest BCUT2D eigenvalue weighted by atomic mass is 15.2. The van der Waals surface area contributed by atoms with Crippen molar-refractivity contribution in [1.29, 1.82) is 0 Å². The Morgan fingerprint density at radius 1 is 1.22 bits per heavy atom. The second-order valence-corrected chi connectivity index (χ2v) is 5.87. The van der Waals surface area contributed by atoms with E-state index in [0.29, 0.717) is 24.2 Å². The Balaban J connectivity index is 1.83. The second-order valence-electron chi connectivity index (χ2n) is 5.87. The van der Waals surface area contributed by atoms with Crippen LogP contribution >= 0.6 is 0 Å². The van der Waals surface area contributed by atoms with Crippen LogP contribution in [0.3, 0.4) is 0 Å². The van der Waals surface area contributed by atoms with E-state index in [-0.39, 0.29) is 0 Å². The molecule has 0 saturated carbocycles. The van der Waals surface area contributed by atoms with Crippen molar-refractivity contribution in [3.63, 3.8) is 0 Å². The van der Waals surface area contributed by atoms with Crippen molar-refractivity contribution in [2.45, 2.75) is 63.2 Å². The van der Waals surface area contributed by atoms with Gasteiger partial charge in [0.15, 0.2) is 0 Å². The largest absolute Gasteiger partial charge is 0.328 e. The molecule has 2 bridgehead atoms. The van der Waals surface area contributed by atoms with Crippen molar-refractivity contribution in [3.05, 3.63) is 30.1 Å². The van der Waals surface area contributed by atoms with E-state index in [9.17, 15) is 0 Å². The molecule has 2 saturated heterocycles. The van der Waals surface area contributed by atoms with Gasteiger partial charge >= 0.3 is 0 Å². The van der Waals surface area contributed by atoms with Crippen LogP contribution in [0, 0.1) is 0 Å². The number of aromatic nitrogens is 1. The molecular formula is C15H23N3. The van der Waals surface area contributed by atoms with Crippen molar-refractivity contribution in [2.75, 3.05) is 0 Å². The third-order valence-corrected chi connectivity index (χ3v) is 4.70. The lowest BCUT2D eigenvalue weighted by molar-refractivity contribution is -0.000534. The standard InChI is InChI=1S/C15H23N3/c1-11(12-5-7-17-8-6-12)18-14-3-2-4-15(18)10-13(16)9-14/h5-8,11,13-15H,2-4,9-10,16H2,1H3. The predicted molar refractivity (Wildman–Crippen MR) is 73.1 cm³/mol. The van der Waals surface area contributed by atoms with Crippen LogP contribution in [-0.2, 0) is 0 Å². The molecule has 2 N–H and O–H groups in total. The lowest BCUT2D eigenvalue weighted by atomic mass is 9.80. The van der Waals surface area contributed by atoms with E-state index in [1.807, 2.05) is 12.4 Å². The van der Waals surface area contributed by atoms with Crippen LogP contribution in [0.15, 0.2) is 24.5 Å². The summed E-state index contributed by atoms with van der Waals surface area (Å²) in [5, 5.41) is 0. The highest BCUT2D eigenvalue weighted by Crippen LogP contribution is 2.39. The van der Waals surface area contributed by atoms with Gasteiger partial charge in [-0.1, -0.05) is 6.42 Å². The first-order valence-corrected chi connectivity index (χ1v) is 7.18. The van der Waals surface area contributed by atoms with Crippen LogP contribution in [0.1, 0.15) is 50.6 Å². The summed E-state index contributed by atoms with van der Waals surface area (Å²) in [5.74, 6) is 0. The van der Waals surface area contributed by atoms with E-state index in [4.69, 9.17) is 5.73 Å². The molecule has 2 aliphatic heterocycles. The summed E-state index contributed by atoms with van der Waals surface area (Å²) in [6.07, 6.45) is 10.2. The van der Waals surface area contributed by atoms with Crippen LogP contribution in [0.5, 0.6) is 0 Å². The van der Waals surface area contributed by atoms with Gasteiger partial charge in [-0.15, -0.1) is 0 Å². The maximum atomic E-state index is 6.19. The van der Waals surface area contributed by atoms with Crippen LogP contribution < -0.4 is 5.73 Å². The molecule has 3 heterocycles. The molecule has 1 aromatic heterocycles. The second kappa shape index (κ2) is 4.98. The average molecular weight is 245 g/mol. The fraction of sp³-hybridized carbons (Fsp3) is 0.667. The Kier molecular flexibility index (Phi) is 3.35. The number of nitrogens with two attached hydrogens (primary N) is 1. The monoisotopic (exact) mass is 245 g/mol. The van der Waals surface area contributed by atoms with Crippen molar-refractivity contribution >= 4 is 0 Å². The molecule has 3 heteroatoms. The summed E-state index contributed by atoms with van der Waals surface area (Å²) in [7, 11) is 0. The first kappa shape index (κ1) is 12.1. The molecule has 3 rings (SSSR count). The van der Waals surface area contributed by atoms with E-state index in [0.717, 1.165) is 0 Å². The van der Waals surface area contributed by atoms with Gasteiger partial charge in [-0.05, 0) is 50.3 Å². The Morgan fingerprint density at radius 2 is 1.83 bits per heavy atom.